The molecule has 2 saturated heterocycles. The van der Waals surface area contributed by atoms with Gasteiger partial charge in [-0.1, -0.05) is 6.07 Å². The molecule has 0 aromatic heterocycles. The molecule has 0 bridgehead atoms. The lowest BCUT2D eigenvalue weighted by Crippen LogP contribution is -2.47. The fourth-order valence-electron chi connectivity index (χ4n) is 3.47. The highest BCUT2D eigenvalue weighted by molar-refractivity contribution is 5.79. The van der Waals surface area contributed by atoms with Gasteiger partial charge in [-0.2, -0.15) is 0 Å². The third-order valence-electron chi connectivity index (χ3n) is 4.83. The number of likely N-dealkylation sites (tertiary alicyclic amines) is 1. The zero-order chi connectivity index (χ0) is 16.9. The number of carbonyl (C=O) groups excluding carboxylic acids is 1. The average Bonchev–Trinajstić information content (AvgIpc) is 2.59. The predicted molar refractivity (Wildman–Crippen MR) is 86.3 cm³/mol. The van der Waals surface area contributed by atoms with Gasteiger partial charge in [0.1, 0.15) is 0 Å². The molecule has 24 heavy (non-hydrogen) atoms. The Morgan fingerprint density at radius 1 is 1.21 bits per heavy atom. The standard InChI is InChI=1S/C18H24F2N2O2/c19-16-4-3-13(10-17(16)20)11-22-7-1-2-14(12-22)18(23)21-15-5-8-24-9-6-15/h3-4,10,14-15H,1-2,5-9,11-12H2,(H,21,23). The highest BCUT2D eigenvalue weighted by Crippen LogP contribution is 2.20. The van der Waals surface area contributed by atoms with Crippen LogP contribution in [0.2, 0.25) is 0 Å². The first-order chi connectivity index (χ1) is 11.6. The first-order valence-corrected chi connectivity index (χ1v) is 8.66. The van der Waals surface area contributed by atoms with Crippen molar-refractivity contribution in [1.29, 1.82) is 0 Å². The number of hydrogen-bond acceptors (Lipinski definition) is 3. The maximum absolute atomic E-state index is 13.3. The van der Waals surface area contributed by atoms with Crippen LogP contribution in [0, 0.1) is 17.6 Å². The zero-order valence-electron chi connectivity index (χ0n) is 13.8. The number of carbonyl (C=O) groups is 1. The molecule has 6 heteroatoms. The molecule has 1 aromatic rings. The molecule has 3 rings (SSSR count). The van der Waals surface area contributed by atoms with E-state index in [1.54, 1.807) is 6.07 Å². The Kier molecular flexibility index (Phi) is 5.79. The minimum Gasteiger partial charge on any atom is -0.381 e. The third kappa shape index (κ3) is 4.51. The van der Waals surface area contributed by atoms with Crippen LogP contribution in [0.25, 0.3) is 0 Å². The fraction of sp³-hybridized carbons (Fsp3) is 0.611. The van der Waals surface area contributed by atoms with Crippen molar-refractivity contribution in [3.63, 3.8) is 0 Å². The number of halogens is 2. The predicted octanol–water partition coefficient (Wildman–Crippen LogP) is 2.47. The Balaban J connectivity index is 1.53. The molecular formula is C18H24F2N2O2. The van der Waals surface area contributed by atoms with Gasteiger partial charge in [0.25, 0.3) is 0 Å². The molecule has 1 aromatic carbocycles. The van der Waals surface area contributed by atoms with E-state index in [4.69, 9.17) is 4.74 Å². The van der Waals surface area contributed by atoms with Crippen LogP contribution in [0.15, 0.2) is 18.2 Å². The molecule has 0 spiro atoms. The average molecular weight is 338 g/mol. The summed E-state index contributed by atoms with van der Waals surface area (Å²) in [6.45, 7) is 3.49. The Bertz CT molecular complexity index is 576. The van der Waals surface area contributed by atoms with Crippen molar-refractivity contribution < 1.29 is 18.3 Å². The van der Waals surface area contributed by atoms with Crippen LogP contribution < -0.4 is 5.32 Å². The van der Waals surface area contributed by atoms with Crippen molar-refractivity contribution in [2.24, 2.45) is 5.92 Å². The van der Waals surface area contributed by atoms with Gasteiger partial charge in [-0.25, -0.2) is 8.78 Å². The van der Waals surface area contributed by atoms with Gasteiger partial charge >= 0.3 is 0 Å². The Hall–Kier alpha value is -1.53. The van der Waals surface area contributed by atoms with E-state index in [-0.39, 0.29) is 17.9 Å². The second-order valence-electron chi connectivity index (χ2n) is 6.72. The largest absolute Gasteiger partial charge is 0.381 e. The number of amides is 1. The highest BCUT2D eigenvalue weighted by atomic mass is 19.2. The monoisotopic (exact) mass is 338 g/mol. The first-order valence-electron chi connectivity index (χ1n) is 8.66. The molecule has 0 aliphatic carbocycles. The molecule has 2 aliphatic rings. The molecule has 0 saturated carbocycles. The summed E-state index contributed by atoms with van der Waals surface area (Å²) < 4.78 is 31.7. The molecule has 2 heterocycles. The fourth-order valence-corrected chi connectivity index (χ4v) is 3.47. The Morgan fingerprint density at radius 3 is 2.75 bits per heavy atom. The van der Waals surface area contributed by atoms with Crippen molar-refractivity contribution in [1.82, 2.24) is 10.2 Å². The van der Waals surface area contributed by atoms with E-state index in [0.29, 0.717) is 26.3 Å². The lowest BCUT2D eigenvalue weighted by Gasteiger charge is -2.33. The summed E-state index contributed by atoms with van der Waals surface area (Å²) in [5.41, 5.74) is 0.736. The number of ether oxygens (including phenoxy) is 1. The van der Waals surface area contributed by atoms with Gasteiger partial charge in [0.15, 0.2) is 11.6 Å². The highest BCUT2D eigenvalue weighted by Gasteiger charge is 2.27. The maximum Gasteiger partial charge on any atom is 0.224 e. The van der Waals surface area contributed by atoms with Crippen molar-refractivity contribution in [3.05, 3.63) is 35.4 Å². The summed E-state index contributed by atoms with van der Waals surface area (Å²) in [5, 5.41) is 3.13. The van der Waals surface area contributed by atoms with Crippen LogP contribution in [0.3, 0.4) is 0 Å². The van der Waals surface area contributed by atoms with Gasteiger partial charge in [-0.05, 0) is 49.9 Å². The second-order valence-corrected chi connectivity index (χ2v) is 6.72. The van der Waals surface area contributed by atoms with Crippen LogP contribution in [0.5, 0.6) is 0 Å². The number of benzene rings is 1. The molecule has 2 aliphatic heterocycles. The molecule has 1 amide bonds. The lowest BCUT2D eigenvalue weighted by atomic mass is 9.95. The quantitative estimate of drug-likeness (QED) is 0.917. The molecule has 0 radical (unpaired) electrons. The van der Waals surface area contributed by atoms with Gasteiger partial charge in [-0.3, -0.25) is 9.69 Å². The van der Waals surface area contributed by atoms with E-state index < -0.39 is 11.6 Å². The summed E-state index contributed by atoms with van der Waals surface area (Å²) in [4.78, 5) is 14.6. The SMILES string of the molecule is O=C(NC1CCOCC1)C1CCCN(Cc2ccc(F)c(F)c2)C1. The number of nitrogens with zero attached hydrogens (tertiary/aromatic N) is 1. The second kappa shape index (κ2) is 8.03. The number of piperidine rings is 1. The Morgan fingerprint density at radius 2 is 2.00 bits per heavy atom. The molecular weight excluding hydrogens is 314 g/mol. The molecule has 4 nitrogen and oxygen atoms in total. The van der Waals surface area contributed by atoms with Crippen LogP contribution in [0.4, 0.5) is 8.78 Å². The Labute approximate surface area is 141 Å². The van der Waals surface area contributed by atoms with Crippen molar-refractivity contribution in [3.8, 4) is 0 Å². The summed E-state index contributed by atoms with van der Waals surface area (Å²) in [7, 11) is 0. The molecule has 2 fully saturated rings. The molecule has 1 unspecified atom stereocenters. The lowest BCUT2D eigenvalue weighted by molar-refractivity contribution is -0.128. The van der Waals surface area contributed by atoms with Crippen LogP contribution in [-0.4, -0.2) is 43.2 Å². The van der Waals surface area contributed by atoms with Gasteiger partial charge in [0.2, 0.25) is 5.91 Å². The summed E-state index contributed by atoms with van der Waals surface area (Å²) in [6, 6.07) is 4.21. The molecule has 1 N–H and O–H groups in total. The van der Waals surface area contributed by atoms with E-state index in [0.717, 1.165) is 43.9 Å². The van der Waals surface area contributed by atoms with Gasteiger partial charge in [0.05, 0.1) is 5.92 Å². The minimum absolute atomic E-state index is 0.0353. The van der Waals surface area contributed by atoms with Gasteiger partial charge in [0, 0.05) is 32.3 Å². The van der Waals surface area contributed by atoms with E-state index in [1.807, 2.05) is 0 Å². The van der Waals surface area contributed by atoms with Crippen molar-refractivity contribution >= 4 is 5.91 Å². The molecule has 1 atom stereocenters. The number of rotatable bonds is 4. The number of nitrogens with one attached hydrogen (secondary N) is 1. The van der Waals surface area contributed by atoms with Crippen LogP contribution in [-0.2, 0) is 16.1 Å². The normalized spacial score (nSPS) is 23.2. The maximum atomic E-state index is 13.3. The zero-order valence-corrected chi connectivity index (χ0v) is 13.8. The van der Waals surface area contributed by atoms with Crippen LogP contribution in [0.1, 0.15) is 31.2 Å². The third-order valence-corrected chi connectivity index (χ3v) is 4.83. The summed E-state index contributed by atoms with van der Waals surface area (Å²) >= 11 is 0. The van der Waals surface area contributed by atoms with Gasteiger partial charge < -0.3 is 10.1 Å². The molecule has 132 valence electrons. The van der Waals surface area contributed by atoms with Crippen molar-refractivity contribution in [2.75, 3.05) is 26.3 Å². The minimum atomic E-state index is -0.828. The topological polar surface area (TPSA) is 41.6 Å². The first kappa shape index (κ1) is 17.3. The van der Waals surface area contributed by atoms with Crippen molar-refractivity contribution in [2.45, 2.75) is 38.3 Å². The smallest absolute Gasteiger partial charge is 0.224 e. The van der Waals surface area contributed by atoms with E-state index in [2.05, 4.69) is 10.2 Å². The summed E-state index contributed by atoms with van der Waals surface area (Å²) in [6.07, 6.45) is 3.56. The van der Waals surface area contributed by atoms with Crippen LogP contribution >= 0.6 is 0 Å². The van der Waals surface area contributed by atoms with Gasteiger partial charge in [-0.15, -0.1) is 0 Å². The number of hydrogen-bond donors (Lipinski definition) is 1. The summed E-state index contributed by atoms with van der Waals surface area (Å²) in [5.74, 6) is -1.58. The van der Waals surface area contributed by atoms with E-state index >= 15 is 0 Å². The van der Waals surface area contributed by atoms with E-state index in [1.165, 1.54) is 6.07 Å². The van der Waals surface area contributed by atoms with E-state index in [9.17, 15) is 13.6 Å².